The summed E-state index contributed by atoms with van der Waals surface area (Å²) in [5.74, 6) is 0.934. The molecule has 37 heavy (non-hydrogen) atoms. The number of anilines is 2. The van der Waals surface area contributed by atoms with E-state index in [0.717, 1.165) is 19.4 Å². The molecule has 2 aliphatic heterocycles. The molecule has 0 radical (unpaired) electrons. The van der Waals surface area contributed by atoms with E-state index in [2.05, 4.69) is 26.8 Å². The Balaban J connectivity index is 1.46. The van der Waals surface area contributed by atoms with Crippen LogP contribution in [0.1, 0.15) is 25.7 Å². The molecule has 2 aliphatic rings. The van der Waals surface area contributed by atoms with Gasteiger partial charge in [0.1, 0.15) is 24.9 Å². The maximum atomic E-state index is 14.8. The van der Waals surface area contributed by atoms with Crippen LogP contribution in [-0.4, -0.2) is 59.9 Å². The summed E-state index contributed by atoms with van der Waals surface area (Å²) in [5.41, 5.74) is 0.780. The molecule has 1 N–H and O–H groups in total. The van der Waals surface area contributed by atoms with Gasteiger partial charge in [-0.05, 0) is 43.9 Å². The summed E-state index contributed by atoms with van der Waals surface area (Å²) < 4.78 is 32.5. The fourth-order valence-corrected chi connectivity index (χ4v) is 5.61. The van der Waals surface area contributed by atoms with E-state index in [4.69, 9.17) is 37.4 Å². The van der Waals surface area contributed by atoms with E-state index in [1.54, 1.807) is 7.11 Å². The highest BCUT2D eigenvalue weighted by atomic mass is 35.5. The molecule has 5 rings (SSSR count). The van der Waals surface area contributed by atoms with E-state index < -0.39 is 5.82 Å². The number of nitrogens with one attached hydrogen (secondary N) is 1. The summed E-state index contributed by atoms with van der Waals surface area (Å²) >= 11 is 12.0. The number of fused-ring (bicyclic) bond motifs is 3. The minimum atomic E-state index is -0.654. The highest BCUT2D eigenvalue weighted by molar-refractivity contribution is 6.42. The molecular weight excluding hydrogens is 518 g/mol. The van der Waals surface area contributed by atoms with Crippen molar-refractivity contribution in [3.05, 3.63) is 59.1 Å². The molecule has 1 aromatic heterocycles. The van der Waals surface area contributed by atoms with Crippen LogP contribution in [0.5, 0.6) is 11.5 Å². The van der Waals surface area contributed by atoms with Gasteiger partial charge in [0.05, 0.1) is 27.9 Å². The molecule has 0 saturated carbocycles. The topological polar surface area (TPSA) is 68.7 Å². The first-order chi connectivity index (χ1) is 18.0. The normalized spacial score (nSPS) is 21.2. The van der Waals surface area contributed by atoms with Crippen LogP contribution in [0.3, 0.4) is 0 Å². The van der Waals surface area contributed by atoms with Gasteiger partial charge in [0.25, 0.3) is 0 Å². The summed E-state index contributed by atoms with van der Waals surface area (Å²) in [4.78, 5) is 11.3. The lowest BCUT2D eigenvalue weighted by atomic mass is 9.99. The number of nitrogens with zero attached hydrogens (tertiary/aromatic N) is 3. The molecule has 0 amide bonds. The van der Waals surface area contributed by atoms with Crippen LogP contribution >= 0.6 is 23.2 Å². The Morgan fingerprint density at radius 3 is 2.65 bits per heavy atom. The van der Waals surface area contributed by atoms with Gasteiger partial charge in [-0.3, -0.25) is 4.90 Å². The number of rotatable bonds is 10. The average molecular weight is 547 g/mol. The molecule has 196 valence electrons. The predicted molar refractivity (Wildman–Crippen MR) is 144 cm³/mol. The van der Waals surface area contributed by atoms with Crippen molar-refractivity contribution < 1.29 is 18.6 Å². The number of benzene rings is 2. The van der Waals surface area contributed by atoms with E-state index in [9.17, 15) is 4.39 Å². The average Bonchev–Trinajstić information content (AvgIpc) is 3.12. The largest absolute Gasteiger partial charge is 0.487 e. The molecular formula is C27H29Cl2FN4O3. The van der Waals surface area contributed by atoms with Crippen molar-refractivity contribution in [1.82, 2.24) is 14.9 Å². The molecule has 0 spiro atoms. The fraction of sp³-hybridized carbons (Fsp3) is 0.407. The van der Waals surface area contributed by atoms with Gasteiger partial charge in [0.15, 0.2) is 17.3 Å². The highest BCUT2D eigenvalue weighted by Crippen LogP contribution is 2.41. The quantitative estimate of drug-likeness (QED) is 0.179. The number of methoxy groups -OCH3 is 1. The van der Waals surface area contributed by atoms with Gasteiger partial charge in [-0.25, -0.2) is 14.4 Å². The number of aromatic nitrogens is 2. The lowest BCUT2D eigenvalue weighted by Crippen LogP contribution is -2.46. The van der Waals surface area contributed by atoms with Gasteiger partial charge in [0.2, 0.25) is 0 Å². The molecule has 3 heterocycles. The maximum Gasteiger partial charge on any atom is 0.166 e. The number of hydrogen-bond acceptors (Lipinski definition) is 7. The van der Waals surface area contributed by atoms with E-state index in [1.165, 1.54) is 31.3 Å². The van der Waals surface area contributed by atoms with Gasteiger partial charge in [0, 0.05) is 37.2 Å². The third kappa shape index (κ3) is 5.48. The van der Waals surface area contributed by atoms with Gasteiger partial charge in [-0.2, -0.15) is 0 Å². The second-order valence-corrected chi connectivity index (χ2v) is 10.1. The minimum Gasteiger partial charge on any atom is -0.487 e. The molecule has 7 nitrogen and oxygen atoms in total. The van der Waals surface area contributed by atoms with Crippen LogP contribution in [0.2, 0.25) is 10.0 Å². The van der Waals surface area contributed by atoms with Crippen LogP contribution in [0, 0.1) is 5.82 Å². The molecule has 2 fully saturated rings. The van der Waals surface area contributed by atoms with E-state index >= 15 is 0 Å². The Hall–Kier alpha value is -2.65. The van der Waals surface area contributed by atoms with Crippen molar-refractivity contribution in [3.8, 4) is 11.5 Å². The van der Waals surface area contributed by atoms with E-state index in [1.807, 2.05) is 18.2 Å². The number of ether oxygens (including phenoxy) is 3. The lowest BCUT2D eigenvalue weighted by Gasteiger charge is -2.38. The monoisotopic (exact) mass is 546 g/mol. The van der Waals surface area contributed by atoms with Gasteiger partial charge >= 0.3 is 0 Å². The number of piperidine rings is 1. The fourth-order valence-electron chi connectivity index (χ4n) is 5.30. The van der Waals surface area contributed by atoms with Crippen LogP contribution in [-0.2, 0) is 4.74 Å². The second-order valence-electron chi connectivity index (χ2n) is 9.31. The smallest absolute Gasteiger partial charge is 0.166 e. The van der Waals surface area contributed by atoms with Crippen LogP contribution in [0.4, 0.5) is 15.9 Å². The third-order valence-corrected chi connectivity index (χ3v) is 7.79. The summed E-state index contributed by atoms with van der Waals surface area (Å²) in [5, 5.41) is 3.67. The second kappa shape index (κ2) is 11.4. The zero-order chi connectivity index (χ0) is 25.9. The van der Waals surface area contributed by atoms with E-state index in [-0.39, 0.29) is 21.8 Å². The number of hydrogen-bond donors (Lipinski definition) is 1. The summed E-state index contributed by atoms with van der Waals surface area (Å²) in [6, 6.07) is 7.69. The highest BCUT2D eigenvalue weighted by Gasteiger charge is 2.41. The Morgan fingerprint density at radius 1 is 1.14 bits per heavy atom. The van der Waals surface area contributed by atoms with Crippen LogP contribution in [0.15, 0.2) is 43.2 Å². The minimum absolute atomic E-state index is 0.0503. The molecule has 1 unspecified atom stereocenters. The molecule has 2 aromatic carbocycles. The zero-order valence-electron chi connectivity index (χ0n) is 20.6. The third-order valence-electron chi connectivity index (χ3n) is 7.01. The Morgan fingerprint density at radius 2 is 1.92 bits per heavy atom. The van der Waals surface area contributed by atoms with Gasteiger partial charge in [-0.15, -0.1) is 6.58 Å². The lowest BCUT2D eigenvalue weighted by molar-refractivity contribution is 0.0543. The van der Waals surface area contributed by atoms with E-state index in [0.29, 0.717) is 53.5 Å². The maximum absolute atomic E-state index is 14.8. The molecule has 10 heteroatoms. The summed E-state index contributed by atoms with van der Waals surface area (Å²) in [6.07, 6.45) is 7.65. The summed E-state index contributed by atoms with van der Waals surface area (Å²) in [7, 11) is 1.63. The van der Waals surface area contributed by atoms with Crippen molar-refractivity contribution in [3.63, 3.8) is 0 Å². The Kier molecular flexibility index (Phi) is 8.00. The molecule has 3 atom stereocenters. The first-order valence-electron chi connectivity index (χ1n) is 12.3. The molecule has 2 saturated heterocycles. The molecule has 2 bridgehead atoms. The Labute approximate surface area is 225 Å². The standard InChI is InChI=1S/C27H29Cl2FN4O3/c1-3-8-34-16-4-5-17(34)12-18(11-16)37-24-13-19-22(14-23(24)36-10-9-35-2)31-15-32-27(19)33-21-7-6-20(28)25(29)26(21)30/h3,6-7,13-18H,1,4-5,8-12H2,2H3,(H,31,32,33)/t16-,17+,18?. The predicted octanol–water partition coefficient (Wildman–Crippen LogP) is 6.40. The zero-order valence-corrected chi connectivity index (χ0v) is 22.1. The van der Waals surface area contributed by atoms with Crippen molar-refractivity contribution in [2.75, 3.05) is 32.2 Å². The van der Waals surface area contributed by atoms with Crippen molar-refractivity contribution >= 4 is 45.6 Å². The number of halogens is 3. The van der Waals surface area contributed by atoms with Gasteiger partial charge < -0.3 is 19.5 Å². The van der Waals surface area contributed by atoms with Crippen molar-refractivity contribution in [2.24, 2.45) is 0 Å². The molecule has 3 aromatic rings. The van der Waals surface area contributed by atoms with Crippen molar-refractivity contribution in [2.45, 2.75) is 43.9 Å². The van der Waals surface area contributed by atoms with Crippen LogP contribution in [0.25, 0.3) is 10.9 Å². The van der Waals surface area contributed by atoms with Crippen molar-refractivity contribution in [1.29, 1.82) is 0 Å². The van der Waals surface area contributed by atoms with Gasteiger partial charge in [-0.1, -0.05) is 29.3 Å². The first-order valence-corrected chi connectivity index (χ1v) is 13.1. The molecule has 0 aliphatic carbocycles. The first kappa shape index (κ1) is 26.0. The van der Waals surface area contributed by atoms with Crippen LogP contribution < -0.4 is 14.8 Å². The summed E-state index contributed by atoms with van der Waals surface area (Å²) in [6.45, 7) is 5.62. The SMILES string of the molecule is C=CCN1[C@@H]2CC[C@H]1CC(Oc1cc3c(Nc4ccc(Cl)c(Cl)c4F)ncnc3cc1OCCOC)C2. The Bertz CT molecular complexity index is 1280.